The lowest BCUT2D eigenvalue weighted by Gasteiger charge is -2.29. The van der Waals surface area contributed by atoms with E-state index >= 15 is 0 Å². The summed E-state index contributed by atoms with van der Waals surface area (Å²) in [5.74, 6) is -0.958. The van der Waals surface area contributed by atoms with Crippen LogP contribution in [0.15, 0.2) is 48.8 Å². The summed E-state index contributed by atoms with van der Waals surface area (Å²) in [6.07, 6.45) is 10.4. The standard InChI is InChI=1S/C23H28N4O4/c1-17-7-5-6-10-20(17)25-23(30)26-21(28)16-31-22(29)12-11-19-13-24-27(15-19)14-18-8-3-2-4-9-18/h2-4,8-9,11-13,15,17,20H,5-7,10,14,16H2,1H3,(H2,25,26,28,30)/b12-11+/t17-,20-/m1/s1. The Bertz CT molecular complexity index is 923. The number of amides is 3. The van der Waals surface area contributed by atoms with Gasteiger partial charge in [-0.25, -0.2) is 9.59 Å². The van der Waals surface area contributed by atoms with Crippen molar-refractivity contribution in [2.75, 3.05) is 6.61 Å². The largest absolute Gasteiger partial charge is 0.452 e. The van der Waals surface area contributed by atoms with Crippen LogP contribution in [0.3, 0.4) is 0 Å². The van der Waals surface area contributed by atoms with Crippen LogP contribution in [0.5, 0.6) is 0 Å². The fraction of sp³-hybridized carbons (Fsp3) is 0.391. The predicted octanol–water partition coefficient (Wildman–Crippen LogP) is 2.89. The quantitative estimate of drug-likeness (QED) is 0.526. The van der Waals surface area contributed by atoms with E-state index in [4.69, 9.17) is 4.74 Å². The first-order valence-corrected chi connectivity index (χ1v) is 10.5. The van der Waals surface area contributed by atoms with Crippen LogP contribution < -0.4 is 10.6 Å². The van der Waals surface area contributed by atoms with Gasteiger partial charge in [0.25, 0.3) is 5.91 Å². The lowest BCUT2D eigenvalue weighted by Crippen LogP contribution is -2.48. The van der Waals surface area contributed by atoms with E-state index in [2.05, 4.69) is 22.7 Å². The maximum atomic E-state index is 11.9. The minimum absolute atomic E-state index is 0.0647. The van der Waals surface area contributed by atoms with Crippen molar-refractivity contribution < 1.29 is 19.1 Å². The van der Waals surface area contributed by atoms with E-state index in [1.165, 1.54) is 6.08 Å². The molecular weight excluding hydrogens is 396 g/mol. The molecule has 2 N–H and O–H groups in total. The van der Waals surface area contributed by atoms with Crippen molar-refractivity contribution in [1.82, 2.24) is 20.4 Å². The predicted molar refractivity (Wildman–Crippen MR) is 116 cm³/mol. The Labute approximate surface area is 181 Å². The summed E-state index contributed by atoms with van der Waals surface area (Å²) in [7, 11) is 0. The van der Waals surface area contributed by atoms with Crippen molar-refractivity contribution in [1.29, 1.82) is 0 Å². The highest BCUT2D eigenvalue weighted by atomic mass is 16.5. The summed E-state index contributed by atoms with van der Waals surface area (Å²) < 4.78 is 6.66. The van der Waals surface area contributed by atoms with E-state index < -0.39 is 24.5 Å². The molecule has 1 heterocycles. The maximum Gasteiger partial charge on any atom is 0.331 e. The lowest BCUT2D eigenvalue weighted by molar-refractivity contribution is -0.143. The van der Waals surface area contributed by atoms with Crippen molar-refractivity contribution in [2.24, 2.45) is 5.92 Å². The van der Waals surface area contributed by atoms with Crippen molar-refractivity contribution in [3.8, 4) is 0 Å². The fourth-order valence-electron chi connectivity index (χ4n) is 3.57. The molecule has 1 saturated carbocycles. The highest BCUT2D eigenvalue weighted by Crippen LogP contribution is 2.23. The number of aromatic nitrogens is 2. The topological polar surface area (TPSA) is 102 Å². The number of imide groups is 1. The van der Waals surface area contributed by atoms with Crippen molar-refractivity contribution in [3.63, 3.8) is 0 Å². The first-order valence-electron chi connectivity index (χ1n) is 10.5. The zero-order valence-corrected chi connectivity index (χ0v) is 17.6. The molecule has 0 unspecified atom stereocenters. The summed E-state index contributed by atoms with van der Waals surface area (Å²) in [4.78, 5) is 35.6. The molecule has 2 atom stereocenters. The highest BCUT2D eigenvalue weighted by molar-refractivity contribution is 5.96. The van der Waals surface area contributed by atoms with Gasteiger partial charge in [0.15, 0.2) is 6.61 Å². The Balaban J connectivity index is 1.38. The lowest BCUT2D eigenvalue weighted by atomic mass is 9.86. The average molecular weight is 425 g/mol. The fourth-order valence-corrected chi connectivity index (χ4v) is 3.57. The van der Waals surface area contributed by atoms with Gasteiger partial charge in [0, 0.05) is 23.9 Å². The van der Waals surface area contributed by atoms with Gasteiger partial charge in [-0.2, -0.15) is 5.10 Å². The van der Waals surface area contributed by atoms with Gasteiger partial charge < -0.3 is 10.1 Å². The number of carbonyl (C=O) groups excluding carboxylic acids is 3. The summed E-state index contributed by atoms with van der Waals surface area (Å²) in [6, 6.07) is 9.41. The molecule has 8 heteroatoms. The molecule has 8 nitrogen and oxygen atoms in total. The van der Waals surface area contributed by atoms with E-state index in [0.29, 0.717) is 12.5 Å². The van der Waals surface area contributed by atoms with Gasteiger partial charge in [0.1, 0.15) is 0 Å². The second-order valence-electron chi connectivity index (χ2n) is 7.79. The monoisotopic (exact) mass is 424 g/mol. The zero-order valence-electron chi connectivity index (χ0n) is 17.6. The first-order chi connectivity index (χ1) is 15.0. The van der Waals surface area contributed by atoms with Crippen LogP contribution in [-0.4, -0.2) is 40.3 Å². The highest BCUT2D eigenvalue weighted by Gasteiger charge is 2.23. The van der Waals surface area contributed by atoms with Gasteiger partial charge in [-0.05, 0) is 30.4 Å². The third kappa shape index (κ3) is 7.40. The second kappa shape index (κ2) is 11.1. The molecule has 0 aliphatic heterocycles. The number of hydrogen-bond acceptors (Lipinski definition) is 5. The van der Waals surface area contributed by atoms with E-state index in [1.807, 2.05) is 30.3 Å². The molecule has 0 radical (unpaired) electrons. The number of carbonyl (C=O) groups is 3. The Hall–Kier alpha value is -3.42. The summed E-state index contributed by atoms with van der Waals surface area (Å²) in [6.45, 7) is 2.19. The molecule has 1 fully saturated rings. The van der Waals surface area contributed by atoms with Crippen LogP contribution in [0.4, 0.5) is 4.79 Å². The molecule has 1 aliphatic rings. The van der Waals surface area contributed by atoms with Crippen LogP contribution in [0.2, 0.25) is 0 Å². The van der Waals surface area contributed by atoms with Crippen LogP contribution >= 0.6 is 0 Å². The Morgan fingerprint density at radius 1 is 1.19 bits per heavy atom. The SMILES string of the molecule is C[C@@H]1CCCC[C@H]1NC(=O)NC(=O)COC(=O)/C=C/c1cnn(Cc2ccccc2)c1. The first kappa shape index (κ1) is 22.3. The molecule has 164 valence electrons. The number of benzene rings is 1. The van der Waals surface area contributed by atoms with Gasteiger partial charge in [-0.3, -0.25) is 14.8 Å². The van der Waals surface area contributed by atoms with Crippen LogP contribution in [-0.2, 0) is 20.9 Å². The van der Waals surface area contributed by atoms with Gasteiger partial charge in [0.05, 0.1) is 12.7 Å². The van der Waals surface area contributed by atoms with Crippen molar-refractivity contribution >= 4 is 24.0 Å². The molecule has 31 heavy (non-hydrogen) atoms. The number of hydrogen-bond donors (Lipinski definition) is 2. The van der Waals surface area contributed by atoms with E-state index in [0.717, 1.165) is 36.8 Å². The Morgan fingerprint density at radius 3 is 2.74 bits per heavy atom. The van der Waals surface area contributed by atoms with E-state index in [-0.39, 0.29) is 6.04 Å². The smallest absolute Gasteiger partial charge is 0.331 e. The molecule has 1 aromatic heterocycles. The minimum Gasteiger partial charge on any atom is -0.452 e. The maximum absolute atomic E-state index is 11.9. The zero-order chi connectivity index (χ0) is 22.1. The number of ether oxygens (including phenoxy) is 1. The number of esters is 1. The van der Waals surface area contributed by atoms with Crippen LogP contribution in [0.25, 0.3) is 6.08 Å². The minimum atomic E-state index is -0.674. The van der Waals surface area contributed by atoms with Crippen LogP contribution in [0, 0.1) is 5.92 Å². The van der Waals surface area contributed by atoms with E-state index in [9.17, 15) is 14.4 Å². The van der Waals surface area contributed by atoms with E-state index in [1.54, 1.807) is 23.2 Å². The molecule has 3 amide bonds. The number of urea groups is 1. The molecule has 0 spiro atoms. The third-order valence-electron chi connectivity index (χ3n) is 5.28. The molecule has 2 aromatic rings. The number of nitrogens with zero attached hydrogens (tertiary/aromatic N) is 2. The van der Waals surface area contributed by atoms with Crippen molar-refractivity contribution in [3.05, 3.63) is 59.9 Å². The Kier molecular flexibility index (Phi) is 7.98. The molecule has 1 aromatic carbocycles. The molecule has 1 aliphatic carbocycles. The van der Waals surface area contributed by atoms with Gasteiger partial charge >= 0.3 is 12.0 Å². The van der Waals surface area contributed by atoms with Crippen LogP contribution in [0.1, 0.15) is 43.7 Å². The van der Waals surface area contributed by atoms with Crippen molar-refractivity contribution in [2.45, 2.75) is 45.2 Å². The average Bonchev–Trinajstić information content (AvgIpc) is 3.20. The summed E-state index contributed by atoms with van der Waals surface area (Å²) in [5.41, 5.74) is 1.85. The number of nitrogens with one attached hydrogen (secondary N) is 2. The second-order valence-corrected chi connectivity index (χ2v) is 7.79. The molecule has 3 rings (SSSR count). The van der Waals surface area contributed by atoms with Gasteiger partial charge in [-0.1, -0.05) is 50.1 Å². The molecule has 0 saturated heterocycles. The Morgan fingerprint density at radius 2 is 1.97 bits per heavy atom. The normalized spacial score (nSPS) is 18.5. The number of rotatable bonds is 7. The summed E-state index contributed by atoms with van der Waals surface area (Å²) in [5, 5.41) is 9.27. The third-order valence-corrected chi connectivity index (χ3v) is 5.28. The van der Waals surface area contributed by atoms with Gasteiger partial charge in [0.2, 0.25) is 0 Å². The molecule has 0 bridgehead atoms. The summed E-state index contributed by atoms with van der Waals surface area (Å²) >= 11 is 0. The molecular formula is C23H28N4O4. The van der Waals surface area contributed by atoms with Gasteiger partial charge in [-0.15, -0.1) is 0 Å².